The summed E-state index contributed by atoms with van der Waals surface area (Å²) in [6.45, 7) is 3.17. The van der Waals surface area contributed by atoms with E-state index in [1.807, 2.05) is 0 Å². The highest BCUT2D eigenvalue weighted by atomic mass is 32.2. The summed E-state index contributed by atoms with van der Waals surface area (Å²) in [4.78, 5) is 3.79. The van der Waals surface area contributed by atoms with Gasteiger partial charge in [-0.1, -0.05) is 51.5 Å². The van der Waals surface area contributed by atoms with Gasteiger partial charge in [-0.25, -0.2) is 26.9 Å². The van der Waals surface area contributed by atoms with Crippen LogP contribution in [0.3, 0.4) is 0 Å². The summed E-state index contributed by atoms with van der Waals surface area (Å²) in [5, 5.41) is 14.0. The smallest absolute Gasteiger partial charge is 0.156 e. The molecule has 0 bridgehead atoms. The molecule has 9 heteroatoms. The number of aliphatic hydroxyl groups is 1. The Hall–Kier alpha value is -1.87. The number of benzene rings is 1. The van der Waals surface area contributed by atoms with Crippen molar-refractivity contribution in [2.75, 3.05) is 5.75 Å². The number of aromatic nitrogens is 3. The second-order valence-corrected chi connectivity index (χ2v) is 10.2. The number of sulfone groups is 1. The molecule has 0 aliphatic rings. The van der Waals surface area contributed by atoms with Crippen LogP contribution in [0.4, 0.5) is 8.78 Å². The molecular formula is C21H31F2N3O3S. The maximum Gasteiger partial charge on any atom is 0.156 e. The molecule has 0 radical (unpaired) electrons. The molecule has 1 aromatic carbocycles. The summed E-state index contributed by atoms with van der Waals surface area (Å²) in [6.07, 6.45) is 9.29. The molecule has 0 aliphatic heterocycles. The van der Waals surface area contributed by atoms with E-state index in [0.717, 1.165) is 44.2 Å². The fraction of sp³-hybridized carbons (Fsp3) is 0.619. The summed E-state index contributed by atoms with van der Waals surface area (Å²) < 4.78 is 55.2. The van der Waals surface area contributed by atoms with E-state index in [2.05, 4.69) is 17.0 Å². The van der Waals surface area contributed by atoms with Crippen molar-refractivity contribution in [1.82, 2.24) is 14.8 Å². The molecule has 0 saturated carbocycles. The molecule has 0 fully saturated rings. The zero-order valence-electron chi connectivity index (χ0n) is 17.6. The molecule has 1 N–H and O–H groups in total. The second kappa shape index (κ2) is 10.9. The van der Waals surface area contributed by atoms with E-state index < -0.39 is 32.3 Å². The van der Waals surface area contributed by atoms with Crippen molar-refractivity contribution in [3.63, 3.8) is 0 Å². The predicted octanol–water partition coefficient (Wildman–Crippen LogP) is 4.00. The summed E-state index contributed by atoms with van der Waals surface area (Å²) in [5.41, 5.74) is -2.42. The summed E-state index contributed by atoms with van der Waals surface area (Å²) in [5.74, 6) is -1.92. The van der Waals surface area contributed by atoms with Crippen LogP contribution in [0.5, 0.6) is 0 Å². The van der Waals surface area contributed by atoms with Gasteiger partial charge in [-0.2, -0.15) is 5.10 Å². The Morgan fingerprint density at radius 1 is 1.13 bits per heavy atom. The third-order valence-electron chi connectivity index (χ3n) is 5.51. The standard InChI is InChI=1S/C21H31F2N3O3S/c1-3-4-5-6-7-8-9-12-30(28,29)17(2)21(27,14-26-16-24-15-25-26)19-11-10-18(22)13-20(19)23/h10-11,13,15-17,27H,3-9,12,14H2,1-2H3/t17-,21-/m1/s1. The van der Waals surface area contributed by atoms with Gasteiger partial charge in [0, 0.05) is 11.6 Å². The number of hydrogen-bond acceptors (Lipinski definition) is 5. The van der Waals surface area contributed by atoms with Crippen LogP contribution in [0, 0.1) is 11.6 Å². The molecular weight excluding hydrogens is 412 g/mol. The van der Waals surface area contributed by atoms with Gasteiger partial charge in [-0.05, 0) is 19.4 Å². The third kappa shape index (κ3) is 6.31. The first-order valence-electron chi connectivity index (χ1n) is 10.4. The second-order valence-electron chi connectivity index (χ2n) is 7.77. The van der Waals surface area contributed by atoms with Gasteiger partial charge in [-0.3, -0.25) is 0 Å². The Bertz CT molecular complexity index is 891. The zero-order valence-corrected chi connectivity index (χ0v) is 18.4. The maximum absolute atomic E-state index is 14.5. The van der Waals surface area contributed by atoms with Crippen LogP contribution in [0.2, 0.25) is 0 Å². The van der Waals surface area contributed by atoms with Gasteiger partial charge in [0.2, 0.25) is 0 Å². The van der Waals surface area contributed by atoms with Gasteiger partial charge >= 0.3 is 0 Å². The highest BCUT2D eigenvalue weighted by Gasteiger charge is 2.45. The Morgan fingerprint density at radius 3 is 2.40 bits per heavy atom. The van der Waals surface area contributed by atoms with Crippen molar-refractivity contribution < 1.29 is 22.3 Å². The molecule has 2 aromatic rings. The highest BCUT2D eigenvalue weighted by molar-refractivity contribution is 7.92. The first-order chi connectivity index (χ1) is 14.2. The SMILES string of the molecule is CCCCCCCCCS(=O)(=O)[C@H](C)[C@](O)(Cn1cncn1)c1ccc(F)cc1F. The van der Waals surface area contributed by atoms with Crippen molar-refractivity contribution in [2.24, 2.45) is 0 Å². The minimum Gasteiger partial charge on any atom is -0.382 e. The van der Waals surface area contributed by atoms with Crippen molar-refractivity contribution in [3.05, 3.63) is 48.1 Å². The monoisotopic (exact) mass is 443 g/mol. The average molecular weight is 444 g/mol. The molecule has 6 nitrogen and oxygen atoms in total. The fourth-order valence-electron chi connectivity index (χ4n) is 3.57. The topological polar surface area (TPSA) is 85.1 Å². The van der Waals surface area contributed by atoms with Crippen LogP contribution in [-0.2, 0) is 22.0 Å². The Balaban J connectivity index is 2.18. The van der Waals surface area contributed by atoms with E-state index in [0.29, 0.717) is 12.5 Å². The van der Waals surface area contributed by atoms with E-state index in [-0.39, 0.29) is 17.9 Å². The van der Waals surface area contributed by atoms with Gasteiger partial charge in [-0.15, -0.1) is 0 Å². The first kappa shape index (κ1) is 24.4. The van der Waals surface area contributed by atoms with E-state index in [9.17, 15) is 22.3 Å². The third-order valence-corrected chi connectivity index (χ3v) is 7.84. The lowest BCUT2D eigenvalue weighted by atomic mass is 9.90. The number of unbranched alkanes of at least 4 members (excludes halogenated alkanes) is 6. The summed E-state index contributed by atoms with van der Waals surface area (Å²) in [7, 11) is -3.77. The number of halogens is 2. The van der Waals surface area contributed by atoms with E-state index >= 15 is 0 Å². The minimum atomic E-state index is -3.77. The molecule has 30 heavy (non-hydrogen) atoms. The molecule has 168 valence electrons. The van der Waals surface area contributed by atoms with Gasteiger partial charge < -0.3 is 5.11 Å². The largest absolute Gasteiger partial charge is 0.382 e. The van der Waals surface area contributed by atoms with Crippen LogP contribution >= 0.6 is 0 Å². The van der Waals surface area contributed by atoms with Crippen molar-refractivity contribution in [3.8, 4) is 0 Å². The van der Waals surface area contributed by atoms with Crippen LogP contribution in [0.15, 0.2) is 30.9 Å². The van der Waals surface area contributed by atoms with E-state index in [1.165, 1.54) is 30.7 Å². The molecule has 1 aromatic heterocycles. The van der Waals surface area contributed by atoms with Crippen LogP contribution in [-0.4, -0.2) is 39.3 Å². The zero-order chi connectivity index (χ0) is 22.2. The van der Waals surface area contributed by atoms with Gasteiger partial charge in [0.15, 0.2) is 9.84 Å². The predicted molar refractivity (Wildman–Crippen MR) is 112 cm³/mol. The molecule has 2 rings (SSSR count). The Morgan fingerprint density at radius 2 is 1.80 bits per heavy atom. The molecule has 1 heterocycles. The lowest BCUT2D eigenvalue weighted by molar-refractivity contribution is 0.0110. The quantitative estimate of drug-likeness (QED) is 0.473. The minimum absolute atomic E-state index is 0.107. The van der Waals surface area contributed by atoms with Crippen LogP contribution < -0.4 is 0 Å². The highest BCUT2D eigenvalue weighted by Crippen LogP contribution is 2.34. The van der Waals surface area contributed by atoms with Gasteiger partial charge in [0.05, 0.1) is 17.5 Å². The number of nitrogens with zero attached hydrogens (tertiary/aromatic N) is 3. The number of hydrogen-bond donors (Lipinski definition) is 1. The summed E-state index contributed by atoms with van der Waals surface area (Å²) in [6, 6.07) is 2.72. The molecule has 0 aliphatic carbocycles. The van der Waals surface area contributed by atoms with Gasteiger partial charge in [0.25, 0.3) is 0 Å². The normalized spacial score (nSPS) is 15.1. The molecule has 0 saturated heterocycles. The average Bonchev–Trinajstić information content (AvgIpc) is 3.19. The Labute approximate surface area is 177 Å². The first-order valence-corrected chi connectivity index (χ1v) is 12.1. The van der Waals surface area contributed by atoms with Crippen molar-refractivity contribution in [1.29, 1.82) is 0 Å². The Kier molecular flexibility index (Phi) is 8.91. The lowest BCUT2D eigenvalue weighted by Crippen LogP contribution is -2.47. The molecule has 0 amide bonds. The molecule has 2 atom stereocenters. The molecule has 0 spiro atoms. The van der Waals surface area contributed by atoms with Crippen LogP contribution in [0.1, 0.15) is 64.4 Å². The van der Waals surface area contributed by atoms with Crippen molar-refractivity contribution >= 4 is 9.84 Å². The fourth-order valence-corrected chi connectivity index (χ4v) is 5.32. The summed E-state index contributed by atoms with van der Waals surface area (Å²) >= 11 is 0. The maximum atomic E-state index is 14.5. The molecule has 0 unspecified atom stereocenters. The van der Waals surface area contributed by atoms with Gasteiger partial charge in [0.1, 0.15) is 29.9 Å². The van der Waals surface area contributed by atoms with Crippen molar-refractivity contribution in [2.45, 2.75) is 76.2 Å². The van der Waals surface area contributed by atoms with Crippen LogP contribution in [0.25, 0.3) is 0 Å². The lowest BCUT2D eigenvalue weighted by Gasteiger charge is -2.34. The van der Waals surface area contributed by atoms with E-state index in [4.69, 9.17) is 0 Å². The number of rotatable bonds is 13. The van der Waals surface area contributed by atoms with E-state index in [1.54, 1.807) is 0 Å².